The van der Waals surface area contributed by atoms with Crippen LogP contribution in [0, 0.1) is 6.92 Å². The zero-order valence-corrected chi connectivity index (χ0v) is 31.4. The largest absolute Gasteiger partial charge is 0.480 e. The summed E-state index contributed by atoms with van der Waals surface area (Å²) in [6.07, 6.45) is -3.49. The molecule has 5 aromatic rings. The van der Waals surface area contributed by atoms with Crippen molar-refractivity contribution in [2.75, 3.05) is 29.1 Å². The van der Waals surface area contributed by atoms with Gasteiger partial charge in [0.25, 0.3) is 5.91 Å². The summed E-state index contributed by atoms with van der Waals surface area (Å²) in [4.78, 5) is 66.6. The Kier molecular flexibility index (Phi) is 12.2. The number of carbonyl (C=O) groups excluding carboxylic acids is 3. The van der Waals surface area contributed by atoms with Crippen LogP contribution in [0.2, 0.25) is 5.02 Å². The molecule has 2 heterocycles. The van der Waals surface area contributed by atoms with Gasteiger partial charge in [0, 0.05) is 45.1 Å². The smallest absolute Gasteiger partial charge is 0.422 e. The van der Waals surface area contributed by atoms with Gasteiger partial charge < -0.3 is 36.4 Å². The molecule has 1 atom stereocenters. The molecule has 3 aromatic carbocycles. The van der Waals surface area contributed by atoms with Gasteiger partial charge in [0.15, 0.2) is 6.61 Å². The van der Waals surface area contributed by atoms with Crippen LogP contribution in [0.1, 0.15) is 40.9 Å². The Labute approximate surface area is 331 Å². The molecule has 296 valence electrons. The summed E-state index contributed by atoms with van der Waals surface area (Å²) in [6, 6.07) is 17.5. The molecule has 1 fully saturated rings. The minimum Gasteiger partial charge on any atom is -0.480 e. The Morgan fingerprint density at radius 2 is 1.65 bits per heavy atom. The number of thiazole rings is 1. The lowest BCUT2D eigenvalue weighted by Gasteiger charge is -2.19. The van der Waals surface area contributed by atoms with Gasteiger partial charge in [-0.05, 0) is 80.3 Å². The van der Waals surface area contributed by atoms with Gasteiger partial charge in [-0.15, -0.1) is 11.3 Å². The molecule has 0 spiro atoms. The van der Waals surface area contributed by atoms with E-state index in [9.17, 15) is 37.5 Å². The second kappa shape index (κ2) is 17.2. The number of benzene rings is 3. The van der Waals surface area contributed by atoms with Crippen molar-refractivity contribution in [3.63, 3.8) is 0 Å². The molecule has 1 aliphatic carbocycles. The monoisotopic (exact) mass is 823 g/mol. The van der Waals surface area contributed by atoms with E-state index in [2.05, 4.69) is 46.5 Å². The first kappa shape index (κ1) is 40.3. The minimum atomic E-state index is -4.65. The predicted octanol–water partition coefficient (Wildman–Crippen LogP) is 6.07. The number of carbonyl (C=O) groups is 4. The first-order chi connectivity index (χ1) is 27.1. The molecule has 15 nitrogen and oxygen atoms in total. The molecule has 20 heteroatoms. The van der Waals surface area contributed by atoms with Crippen molar-refractivity contribution in [2.24, 2.45) is 0 Å². The van der Waals surface area contributed by atoms with Crippen LogP contribution >= 0.6 is 22.9 Å². The number of carboxylic acids is 1. The number of aliphatic carboxylic acids is 1. The standard InChI is InChI=1S/C37H33ClF3N9O6S/c1-20-18-57-31(43-20)22-3-2-4-26(17-22)44-30(53)29(52)42-16-13-27(32(54)55)46-28(51)21-5-11-25(12-6-21)45-33-47-34(49-35(48-33)56-19-37(39,40)41)50-36(14-15-36)23-7-9-24(38)10-8-23/h2-12,17-18,27H,13-16,19H2,1H3,(H,42,52)(H,44,53)(H,46,51)(H,54,55)(H2,45,47,48,49,50)/t27-/m0/s1. The second-order valence-corrected chi connectivity index (χ2v) is 14.1. The summed E-state index contributed by atoms with van der Waals surface area (Å²) in [5, 5.41) is 26.2. The average molecular weight is 824 g/mol. The molecule has 6 N–H and O–H groups in total. The molecule has 0 aliphatic heterocycles. The van der Waals surface area contributed by atoms with Crippen molar-refractivity contribution in [1.29, 1.82) is 0 Å². The van der Waals surface area contributed by atoms with E-state index < -0.39 is 54.1 Å². The van der Waals surface area contributed by atoms with Gasteiger partial charge in [0.1, 0.15) is 11.0 Å². The number of halogens is 4. The Morgan fingerprint density at radius 3 is 2.30 bits per heavy atom. The number of anilines is 4. The van der Waals surface area contributed by atoms with E-state index in [1.165, 1.54) is 35.6 Å². The van der Waals surface area contributed by atoms with Crippen LogP contribution < -0.4 is 31.3 Å². The lowest BCUT2D eigenvalue weighted by Crippen LogP contribution is -2.44. The second-order valence-electron chi connectivity index (χ2n) is 12.8. The molecule has 1 aliphatic rings. The van der Waals surface area contributed by atoms with E-state index in [1.807, 2.05) is 30.5 Å². The first-order valence-corrected chi connectivity index (χ1v) is 18.4. The van der Waals surface area contributed by atoms with E-state index in [-0.39, 0.29) is 30.4 Å². The highest BCUT2D eigenvalue weighted by Gasteiger charge is 2.45. The van der Waals surface area contributed by atoms with E-state index >= 15 is 0 Å². The van der Waals surface area contributed by atoms with Gasteiger partial charge in [-0.3, -0.25) is 14.4 Å². The number of aromatic nitrogens is 4. The maximum Gasteiger partial charge on any atom is 0.422 e. The van der Waals surface area contributed by atoms with Gasteiger partial charge in [0.05, 0.1) is 5.54 Å². The number of nitrogens with one attached hydrogen (secondary N) is 5. The van der Waals surface area contributed by atoms with Crippen LogP contribution in [-0.4, -0.2) is 74.1 Å². The van der Waals surface area contributed by atoms with Crippen LogP contribution in [0.4, 0.5) is 36.4 Å². The fourth-order valence-corrected chi connectivity index (χ4v) is 6.34. The Balaban J connectivity index is 1.04. The van der Waals surface area contributed by atoms with Crippen LogP contribution in [0.3, 0.4) is 0 Å². The summed E-state index contributed by atoms with van der Waals surface area (Å²) >= 11 is 7.46. The van der Waals surface area contributed by atoms with Crippen LogP contribution in [0.5, 0.6) is 6.01 Å². The average Bonchev–Trinajstić information content (AvgIpc) is 3.81. The number of rotatable bonds is 15. The summed E-state index contributed by atoms with van der Waals surface area (Å²) in [6.45, 7) is -0.0214. The number of ether oxygens (including phenoxy) is 1. The molecule has 0 saturated heterocycles. The van der Waals surface area contributed by atoms with Crippen molar-refractivity contribution >= 4 is 69.9 Å². The number of amides is 3. The van der Waals surface area contributed by atoms with Crippen LogP contribution in [0.15, 0.2) is 78.2 Å². The first-order valence-electron chi connectivity index (χ1n) is 17.2. The molecule has 1 saturated carbocycles. The van der Waals surface area contributed by atoms with E-state index in [4.69, 9.17) is 16.3 Å². The van der Waals surface area contributed by atoms with Crippen molar-refractivity contribution in [1.82, 2.24) is 30.6 Å². The molecule has 0 radical (unpaired) electrons. The summed E-state index contributed by atoms with van der Waals surface area (Å²) in [7, 11) is 0. The third kappa shape index (κ3) is 11.1. The zero-order chi connectivity index (χ0) is 40.7. The maximum absolute atomic E-state index is 13.0. The molecule has 6 rings (SSSR count). The van der Waals surface area contributed by atoms with Gasteiger partial charge in [-0.2, -0.15) is 28.1 Å². The SMILES string of the molecule is Cc1csc(-c2cccc(NC(=O)C(=O)NCC[C@H](NC(=O)c3ccc(Nc4nc(NC5(c6ccc(Cl)cc6)CC5)nc(OCC(F)(F)F)n4)cc3)C(=O)O)c2)n1. The third-order valence-electron chi connectivity index (χ3n) is 8.40. The van der Waals surface area contributed by atoms with Gasteiger partial charge >= 0.3 is 30.0 Å². The van der Waals surface area contributed by atoms with Crippen molar-refractivity contribution in [2.45, 2.75) is 43.9 Å². The van der Waals surface area contributed by atoms with Crippen LogP contribution in [-0.2, 0) is 19.9 Å². The fourth-order valence-electron chi connectivity index (χ4n) is 5.42. The summed E-state index contributed by atoms with van der Waals surface area (Å²) in [5.41, 5.74) is 2.68. The number of aryl methyl sites for hydroxylation is 1. The molecular formula is C37H33ClF3N9O6S. The molecular weight excluding hydrogens is 791 g/mol. The predicted molar refractivity (Wildman–Crippen MR) is 205 cm³/mol. The fraction of sp³-hybridized carbons (Fsp3) is 0.243. The number of nitrogens with zero attached hydrogens (tertiary/aromatic N) is 4. The summed E-state index contributed by atoms with van der Waals surface area (Å²) in [5.74, 6) is -4.29. The van der Waals surface area contributed by atoms with E-state index in [0.29, 0.717) is 29.2 Å². The van der Waals surface area contributed by atoms with Crippen molar-refractivity contribution in [3.8, 4) is 16.6 Å². The number of carboxylic acid groups (broad SMARTS) is 1. The highest BCUT2D eigenvalue weighted by molar-refractivity contribution is 7.13. The number of hydrogen-bond acceptors (Lipinski definition) is 12. The Morgan fingerprint density at radius 1 is 0.930 bits per heavy atom. The number of hydrogen-bond donors (Lipinski definition) is 6. The molecule has 2 aromatic heterocycles. The molecule has 0 unspecified atom stereocenters. The highest BCUT2D eigenvalue weighted by atomic mass is 35.5. The Bertz CT molecular complexity index is 2270. The minimum absolute atomic E-state index is 0.0444. The van der Waals surface area contributed by atoms with Gasteiger partial charge in [0.2, 0.25) is 11.9 Å². The zero-order valence-electron chi connectivity index (χ0n) is 29.8. The lowest BCUT2D eigenvalue weighted by atomic mass is 10.1. The molecule has 3 amide bonds. The summed E-state index contributed by atoms with van der Waals surface area (Å²) < 4.78 is 43.7. The molecule has 57 heavy (non-hydrogen) atoms. The molecule has 0 bridgehead atoms. The quantitative estimate of drug-likeness (QED) is 0.0665. The van der Waals surface area contributed by atoms with E-state index in [1.54, 1.807) is 30.3 Å². The van der Waals surface area contributed by atoms with Gasteiger partial charge in [-0.25, -0.2) is 9.78 Å². The highest BCUT2D eigenvalue weighted by Crippen LogP contribution is 2.48. The van der Waals surface area contributed by atoms with Gasteiger partial charge in [-0.1, -0.05) is 35.9 Å². The lowest BCUT2D eigenvalue weighted by molar-refractivity contribution is -0.154. The van der Waals surface area contributed by atoms with E-state index in [0.717, 1.165) is 21.8 Å². The van der Waals surface area contributed by atoms with Crippen molar-refractivity contribution < 1.29 is 42.2 Å². The van der Waals surface area contributed by atoms with Crippen molar-refractivity contribution in [3.05, 3.63) is 100 Å². The maximum atomic E-state index is 13.0. The topological polar surface area (TPSA) is 209 Å². The van der Waals surface area contributed by atoms with Crippen LogP contribution in [0.25, 0.3) is 10.6 Å². The number of alkyl halides is 3. The normalized spacial score (nSPS) is 13.5. The third-order valence-corrected chi connectivity index (χ3v) is 9.66. The Hall–Kier alpha value is -6.34.